The minimum absolute atomic E-state index is 0.172. The summed E-state index contributed by atoms with van der Waals surface area (Å²) in [4.78, 5) is 0.489. The molecule has 3 N–H and O–H groups in total. The van der Waals surface area contributed by atoms with Gasteiger partial charge >= 0.3 is 0 Å². The van der Waals surface area contributed by atoms with Crippen LogP contribution in [0.15, 0.2) is 76.5 Å². The number of nitrogens with one attached hydrogen (secondary N) is 1. The number of sulfone groups is 1. The average molecular weight is 490 g/mol. The molecule has 1 aliphatic rings. The van der Waals surface area contributed by atoms with E-state index in [1.807, 2.05) is 24.3 Å². The van der Waals surface area contributed by atoms with Crippen LogP contribution in [0.1, 0.15) is 21.9 Å². The minimum Gasteiger partial charge on any atom is -0.493 e. The minimum atomic E-state index is -3.80. The van der Waals surface area contributed by atoms with Gasteiger partial charge in [-0.3, -0.25) is 9.11 Å². The Morgan fingerprint density at radius 1 is 0.939 bits per heavy atom. The van der Waals surface area contributed by atoms with Gasteiger partial charge in [-0.2, -0.15) is 10.6 Å². The lowest BCUT2D eigenvalue weighted by atomic mass is 10.0. The van der Waals surface area contributed by atoms with Crippen molar-refractivity contribution in [3.05, 3.63) is 83.4 Å². The zero-order valence-corrected chi connectivity index (χ0v) is 20.0. The van der Waals surface area contributed by atoms with Crippen molar-refractivity contribution in [3.8, 4) is 11.5 Å². The summed E-state index contributed by atoms with van der Waals surface area (Å²) in [5.74, 6) is 1.04. The Balaban J connectivity index is 1.61. The summed E-state index contributed by atoms with van der Waals surface area (Å²) in [7, 11) is -3.84. The molecule has 7 nitrogen and oxygen atoms in total. The molecule has 33 heavy (non-hydrogen) atoms. The molecule has 0 aliphatic carbocycles. The molecule has 1 atom stereocenters. The van der Waals surface area contributed by atoms with Crippen LogP contribution >= 0.6 is 10.6 Å². The van der Waals surface area contributed by atoms with E-state index in [0.29, 0.717) is 35.0 Å². The van der Waals surface area contributed by atoms with Gasteiger partial charge in [0.25, 0.3) is 0 Å². The molecule has 9 heteroatoms. The predicted octanol–water partition coefficient (Wildman–Crippen LogP) is 4.63. The van der Waals surface area contributed by atoms with Crippen molar-refractivity contribution >= 4 is 20.4 Å². The van der Waals surface area contributed by atoms with Gasteiger partial charge in [0.2, 0.25) is 0 Å². The molecule has 0 spiro atoms. The van der Waals surface area contributed by atoms with Crippen LogP contribution in [-0.4, -0.2) is 37.5 Å². The lowest BCUT2D eigenvalue weighted by Crippen LogP contribution is -2.19. The maximum Gasteiger partial charge on any atom is 0.187 e. The zero-order chi connectivity index (χ0) is 23.6. The zero-order valence-electron chi connectivity index (χ0n) is 18.4. The molecule has 0 saturated heterocycles. The first kappa shape index (κ1) is 23.6. The van der Waals surface area contributed by atoms with Gasteiger partial charge in [-0.15, -0.1) is 0 Å². The normalized spacial score (nSPS) is 17.9. The molecule has 0 amide bonds. The summed E-state index contributed by atoms with van der Waals surface area (Å²) < 4.78 is 58.8. The maximum absolute atomic E-state index is 13.4. The second-order valence-corrected chi connectivity index (χ2v) is 12.0. The van der Waals surface area contributed by atoms with E-state index >= 15 is 0 Å². The molecular formula is C24H27NO6S2. The Morgan fingerprint density at radius 2 is 1.67 bits per heavy atom. The smallest absolute Gasteiger partial charge is 0.187 e. The Hall–Kier alpha value is -2.56. The molecule has 0 saturated carbocycles. The number of hydrogen-bond donors (Lipinski definition) is 3. The van der Waals surface area contributed by atoms with Crippen molar-refractivity contribution in [1.82, 2.24) is 5.32 Å². The quantitative estimate of drug-likeness (QED) is 0.424. The van der Waals surface area contributed by atoms with E-state index in [1.165, 1.54) is 12.1 Å². The summed E-state index contributed by atoms with van der Waals surface area (Å²) in [6.45, 7) is 0.879. The van der Waals surface area contributed by atoms with Gasteiger partial charge in [0.05, 0.1) is 29.8 Å². The fourth-order valence-corrected chi connectivity index (χ4v) is 8.63. The summed E-state index contributed by atoms with van der Waals surface area (Å²) in [6, 6.07) is 19.0. The highest BCUT2D eigenvalue weighted by atomic mass is 32.3. The first-order valence-corrected chi connectivity index (χ1v) is 13.6. The summed E-state index contributed by atoms with van der Waals surface area (Å²) >= 11 is 0. The molecule has 0 radical (unpaired) electrons. The molecule has 1 heterocycles. The number of benzene rings is 3. The summed E-state index contributed by atoms with van der Waals surface area (Å²) in [6.07, 6.45) is 0. The van der Waals surface area contributed by atoms with Crippen molar-refractivity contribution in [2.45, 2.75) is 28.1 Å². The first-order chi connectivity index (χ1) is 15.8. The van der Waals surface area contributed by atoms with Crippen molar-refractivity contribution in [3.63, 3.8) is 0 Å². The molecule has 4 rings (SSSR count). The Kier molecular flexibility index (Phi) is 6.69. The topological polar surface area (TPSA) is 105 Å². The lowest BCUT2D eigenvalue weighted by molar-refractivity contribution is 0.354. The predicted molar refractivity (Wildman–Crippen MR) is 129 cm³/mol. The number of hydrogen-bond acceptors (Lipinski definition) is 7. The second-order valence-electron chi connectivity index (χ2n) is 7.80. The Bertz CT molecular complexity index is 1250. The average Bonchev–Trinajstić information content (AvgIpc) is 3.12. The molecule has 0 bridgehead atoms. The van der Waals surface area contributed by atoms with Crippen LogP contribution in [0.3, 0.4) is 0 Å². The fraction of sp³-hybridized carbons (Fsp3) is 0.250. The van der Waals surface area contributed by atoms with Crippen molar-refractivity contribution < 1.29 is 27.0 Å². The van der Waals surface area contributed by atoms with E-state index in [-0.39, 0.29) is 10.6 Å². The lowest BCUT2D eigenvalue weighted by Gasteiger charge is -2.27. The van der Waals surface area contributed by atoms with Crippen LogP contribution in [0, 0.1) is 0 Å². The van der Waals surface area contributed by atoms with Crippen LogP contribution in [-0.2, 0) is 22.9 Å². The Labute approximate surface area is 195 Å². The van der Waals surface area contributed by atoms with Gasteiger partial charge < -0.3 is 14.8 Å². The standard InChI is InChI=1S/C24H27NO6S2/c1-30-20-12-11-17(13-21(20)31-2)14-25-15-18-7-6-10-22-24(18)23(16-32(22,26)27)33(28,29)19-8-4-3-5-9-19/h3-13,23,25-27H,14-16H2,1-2H3. The van der Waals surface area contributed by atoms with Crippen LogP contribution in [0.2, 0.25) is 0 Å². The number of methoxy groups -OCH3 is 2. The molecule has 0 aromatic heterocycles. The third kappa shape index (κ3) is 4.60. The molecule has 176 valence electrons. The van der Waals surface area contributed by atoms with E-state index in [2.05, 4.69) is 5.32 Å². The highest BCUT2D eigenvalue weighted by molar-refractivity contribution is 8.25. The largest absolute Gasteiger partial charge is 0.493 e. The number of rotatable bonds is 8. The monoisotopic (exact) mass is 489 g/mol. The van der Waals surface area contributed by atoms with E-state index in [9.17, 15) is 17.5 Å². The summed E-state index contributed by atoms with van der Waals surface area (Å²) in [5.41, 5.74) is 2.19. The molecule has 3 aromatic rings. The van der Waals surface area contributed by atoms with Crippen LogP contribution in [0.25, 0.3) is 0 Å². The second kappa shape index (κ2) is 9.36. The van der Waals surface area contributed by atoms with Crippen molar-refractivity contribution in [2.75, 3.05) is 20.0 Å². The number of fused-ring (bicyclic) bond motifs is 1. The van der Waals surface area contributed by atoms with Crippen LogP contribution < -0.4 is 14.8 Å². The van der Waals surface area contributed by atoms with E-state index in [0.717, 1.165) is 11.1 Å². The third-order valence-corrected chi connectivity index (χ3v) is 9.90. The van der Waals surface area contributed by atoms with Crippen molar-refractivity contribution in [2.24, 2.45) is 0 Å². The van der Waals surface area contributed by atoms with Crippen molar-refractivity contribution in [1.29, 1.82) is 0 Å². The van der Waals surface area contributed by atoms with Gasteiger partial charge in [-0.05, 0) is 47.0 Å². The molecule has 3 aromatic carbocycles. The van der Waals surface area contributed by atoms with Gasteiger partial charge in [0, 0.05) is 13.1 Å². The third-order valence-electron chi connectivity index (χ3n) is 5.75. The van der Waals surface area contributed by atoms with E-state index in [4.69, 9.17) is 9.47 Å². The highest BCUT2D eigenvalue weighted by Gasteiger charge is 2.44. The summed E-state index contributed by atoms with van der Waals surface area (Å²) in [5, 5.41) is 2.32. The van der Waals surface area contributed by atoms with Gasteiger partial charge in [-0.25, -0.2) is 8.42 Å². The van der Waals surface area contributed by atoms with Crippen LogP contribution in [0.4, 0.5) is 0 Å². The first-order valence-electron chi connectivity index (χ1n) is 10.4. The SMILES string of the molecule is COc1ccc(CNCc2cccc3c2C(S(=O)(=O)c2ccccc2)CS3(O)O)cc1OC. The fourth-order valence-electron chi connectivity index (χ4n) is 4.13. The molecule has 1 aliphatic heterocycles. The van der Waals surface area contributed by atoms with Crippen LogP contribution in [0.5, 0.6) is 11.5 Å². The molecular weight excluding hydrogens is 462 g/mol. The van der Waals surface area contributed by atoms with Gasteiger partial charge in [0.1, 0.15) is 5.25 Å². The van der Waals surface area contributed by atoms with E-state index in [1.54, 1.807) is 44.6 Å². The highest BCUT2D eigenvalue weighted by Crippen LogP contribution is 2.62. The number of ether oxygens (including phenoxy) is 2. The van der Waals surface area contributed by atoms with E-state index < -0.39 is 25.7 Å². The maximum atomic E-state index is 13.4. The molecule has 1 unspecified atom stereocenters. The van der Waals surface area contributed by atoms with Gasteiger partial charge in [0.15, 0.2) is 21.3 Å². The molecule has 0 fully saturated rings. The Morgan fingerprint density at radius 3 is 2.36 bits per heavy atom. The van der Waals surface area contributed by atoms with Gasteiger partial charge in [-0.1, -0.05) is 36.4 Å².